The number of benzene rings is 1. The van der Waals surface area contributed by atoms with Gasteiger partial charge < -0.3 is 25.0 Å². The first-order valence-electron chi connectivity index (χ1n) is 9.27. The van der Waals surface area contributed by atoms with E-state index in [2.05, 4.69) is 20.5 Å². The van der Waals surface area contributed by atoms with Crippen molar-refractivity contribution in [3.63, 3.8) is 0 Å². The SMILES string of the molecule is CCOc1cc(NC(=NC)NCCN2CCCCCC2)ccc1OC.I. The molecule has 0 aromatic heterocycles. The fraction of sp³-hybridized carbons (Fsp3) is 0.632. The lowest BCUT2D eigenvalue weighted by Crippen LogP contribution is -2.38. The Morgan fingerprint density at radius 3 is 2.50 bits per heavy atom. The predicted octanol–water partition coefficient (Wildman–Crippen LogP) is 3.58. The highest BCUT2D eigenvalue weighted by molar-refractivity contribution is 14.0. The van der Waals surface area contributed by atoms with Crippen molar-refractivity contribution >= 4 is 35.6 Å². The van der Waals surface area contributed by atoms with E-state index in [0.29, 0.717) is 6.61 Å². The molecule has 0 atom stereocenters. The monoisotopic (exact) mass is 476 g/mol. The molecule has 0 bridgehead atoms. The fourth-order valence-corrected chi connectivity index (χ4v) is 3.03. The molecule has 1 saturated heterocycles. The van der Waals surface area contributed by atoms with Crippen molar-refractivity contribution in [2.24, 2.45) is 4.99 Å². The van der Waals surface area contributed by atoms with E-state index in [1.54, 1.807) is 14.2 Å². The maximum atomic E-state index is 5.62. The van der Waals surface area contributed by atoms with Crippen molar-refractivity contribution in [3.05, 3.63) is 18.2 Å². The molecule has 0 radical (unpaired) electrons. The first kappa shape index (κ1) is 22.8. The van der Waals surface area contributed by atoms with Crippen molar-refractivity contribution in [1.82, 2.24) is 10.2 Å². The quantitative estimate of drug-likeness (QED) is 0.358. The Bertz CT molecular complexity index is 546. The minimum Gasteiger partial charge on any atom is -0.493 e. The van der Waals surface area contributed by atoms with E-state index in [0.717, 1.165) is 36.2 Å². The lowest BCUT2D eigenvalue weighted by atomic mass is 10.2. The summed E-state index contributed by atoms with van der Waals surface area (Å²) in [4.78, 5) is 6.84. The molecule has 1 aliphatic rings. The molecule has 1 fully saturated rings. The molecule has 0 unspecified atom stereocenters. The number of rotatable bonds is 7. The number of aliphatic imine (C=N–C) groups is 1. The number of likely N-dealkylation sites (tertiary alicyclic amines) is 1. The number of methoxy groups -OCH3 is 1. The van der Waals surface area contributed by atoms with Crippen LogP contribution in [0.2, 0.25) is 0 Å². The average Bonchev–Trinajstić information content (AvgIpc) is 2.90. The zero-order valence-electron chi connectivity index (χ0n) is 16.2. The zero-order valence-corrected chi connectivity index (χ0v) is 18.5. The Morgan fingerprint density at radius 2 is 1.88 bits per heavy atom. The molecule has 0 aliphatic carbocycles. The summed E-state index contributed by atoms with van der Waals surface area (Å²) in [5.74, 6) is 2.23. The van der Waals surface area contributed by atoms with Crippen LogP contribution >= 0.6 is 24.0 Å². The summed E-state index contributed by atoms with van der Waals surface area (Å²) in [7, 11) is 3.43. The number of nitrogens with zero attached hydrogens (tertiary/aromatic N) is 2. The van der Waals surface area contributed by atoms with Gasteiger partial charge in [-0.05, 0) is 45.0 Å². The molecular weight excluding hydrogens is 443 g/mol. The van der Waals surface area contributed by atoms with E-state index in [-0.39, 0.29) is 24.0 Å². The molecule has 2 N–H and O–H groups in total. The first-order valence-corrected chi connectivity index (χ1v) is 9.27. The van der Waals surface area contributed by atoms with E-state index in [1.807, 2.05) is 25.1 Å². The van der Waals surface area contributed by atoms with Crippen LogP contribution in [0, 0.1) is 0 Å². The molecular formula is C19H33IN4O2. The minimum atomic E-state index is 0. The van der Waals surface area contributed by atoms with Crippen LogP contribution in [0.1, 0.15) is 32.6 Å². The minimum absolute atomic E-state index is 0. The van der Waals surface area contributed by atoms with Crippen LogP contribution in [-0.4, -0.2) is 57.8 Å². The number of ether oxygens (including phenoxy) is 2. The van der Waals surface area contributed by atoms with Gasteiger partial charge in [-0.3, -0.25) is 4.99 Å². The number of guanidine groups is 1. The summed E-state index contributed by atoms with van der Waals surface area (Å²) < 4.78 is 10.9. The number of hydrogen-bond donors (Lipinski definition) is 2. The third kappa shape index (κ3) is 7.57. The van der Waals surface area contributed by atoms with Gasteiger partial charge in [0.1, 0.15) is 0 Å². The van der Waals surface area contributed by atoms with Crippen LogP contribution in [0.4, 0.5) is 5.69 Å². The summed E-state index contributed by atoms with van der Waals surface area (Å²) in [6.45, 7) is 6.92. The summed E-state index contributed by atoms with van der Waals surface area (Å²) in [5.41, 5.74) is 0.923. The number of anilines is 1. The van der Waals surface area contributed by atoms with Gasteiger partial charge >= 0.3 is 0 Å². The Labute approximate surface area is 174 Å². The van der Waals surface area contributed by atoms with Gasteiger partial charge in [0.2, 0.25) is 0 Å². The van der Waals surface area contributed by atoms with E-state index < -0.39 is 0 Å². The molecule has 0 spiro atoms. The van der Waals surface area contributed by atoms with Crippen molar-refractivity contribution in [2.75, 3.05) is 52.3 Å². The Morgan fingerprint density at radius 1 is 1.15 bits per heavy atom. The smallest absolute Gasteiger partial charge is 0.195 e. The number of nitrogens with one attached hydrogen (secondary N) is 2. The molecule has 1 aromatic carbocycles. The fourth-order valence-electron chi connectivity index (χ4n) is 3.03. The Balaban J connectivity index is 0.00000338. The molecule has 26 heavy (non-hydrogen) atoms. The molecule has 0 saturated carbocycles. The van der Waals surface area contributed by atoms with E-state index >= 15 is 0 Å². The third-order valence-electron chi connectivity index (χ3n) is 4.37. The van der Waals surface area contributed by atoms with Gasteiger partial charge in [0.15, 0.2) is 17.5 Å². The van der Waals surface area contributed by atoms with Crippen LogP contribution in [-0.2, 0) is 0 Å². The van der Waals surface area contributed by atoms with Crippen molar-refractivity contribution in [1.29, 1.82) is 0 Å². The molecule has 2 rings (SSSR count). The third-order valence-corrected chi connectivity index (χ3v) is 4.37. The summed E-state index contributed by atoms with van der Waals surface area (Å²) in [6.07, 6.45) is 5.37. The summed E-state index contributed by atoms with van der Waals surface area (Å²) in [5, 5.41) is 6.70. The molecule has 7 heteroatoms. The topological polar surface area (TPSA) is 58.1 Å². The van der Waals surface area contributed by atoms with Crippen molar-refractivity contribution in [3.8, 4) is 11.5 Å². The second-order valence-electron chi connectivity index (χ2n) is 6.18. The predicted molar refractivity (Wildman–Crippen MR) is 119 cm³/mol. The second kappa shape index (κ2) is 13.0. The highest BCUT2D eigenvalue weighted by atomic mass is 127. The molecule has 1 aliphatic heterocycles. The maximum absolute atomic E-state index is 5.62. The first-order chi connectivity index (χ1) is 12.3. The normalized spacial score (nSPS) is 15.6. The van der Waals surface area contributed by atoms with E-state index in [9.17, 15) is 0 Å². The summed E-state index contributed by atoms with van der Waals surface area (Å²) >= 11 is 0. The molecule has 1 aromatic rings. The molecule has 6 nitrogen and oxygen atoms in total. The van der Waals surface area contributed by atoms with Gasteiger partial charge in [-0.1, -0.05) is 12.8 Å². The highest BCUT2D eigenvalue weighted by Crippen LogP contribution is 2.30. The second-order valence-corrected chi connectivity index (χ2v) is 6.18. The van der Waals surface area contributed by atoms with Gasteiger partial charge in [-0.2, -0.15) is 0 Å². The van der Waals surface area contributed by atoms with Crippen LogP contribution in [0.5, 0.6) is 11.5 Å². The van der Waals surface area contributed by atoms with E-state index in [1.165, 1.54) is 38.8 Å². The maximum Gasteiger partial charge on any atom is 0.195 e. The van der Waals surface area contributed by atoms with Gasteiger partial charge in [0.25, 0.3) is 0 Å². The number of hydrogen-bond acceptors (Lipinski definition) is 4. The Kier molecular flexibility index (Phi) is 11.4. The van der Waals surface area contributed by atoms with Gasteiger partial charge in [-0.25, -0.2) is 0 Å². The average molecular weight is 476 g/mol. The van der Waals surface area contributed by atoms with Crippen LogP contribution in [0.3, 0.4) is 0 Å². The zero-order chi connectivity index (χ0) is 17.9. The van der Waals surface area contributed by atoms with Gasteiger partial charge in [0.05, 0.1) is 13.7 Å². The van der Waals surface area contributed by atoms with Gasteiger partial charge in [-0.15, -0.1) is 24.0 Å². The number of halogens is 1. The van der Waals surface area contributed by atoms with Crippen molar-refractivity contribution in [2.45, 2.75) is 32.6 Å². The standard InChI is InChI=1S/C19H32N4O2.HI/c1-4-25-18-15-16(9-10-17(18)24-3)22-19(20-2)21-11-14-23-12-7-5-6-8-13-23;/h9-10,15H,4-8,11-14H2,1-3H3,(H2,20,21,22);1H. The Hall–Kier alpha value is -1.22. The molecule has 148 valence electrons. The van der Waals surface area contributed by atoms with Crippen LogP contribution < -0.4 is 20.1 Å². The summed E-state index contributed by atoms with van der Waals surface area (Å²) in [6, 6.07) is 5.80. The molecule has 0 amide bonds. The lowest BCUT2D eigenvalue weighted by molar-refractivity contribution is 0.289. The van der Waals surface area contributed by atoms with Gasteiger partial charge in [0, 0.05) is 31.9 Å². The van der Waals surface area contributed by atoms with Crippen molar-refractivity contribution < 1.29 is 9.47 Å². The largest absolute Gasteiger partial charge is 0.493 e. The van der Waals surface area contributed by atoms with Crippen LogP contribution in [0.15, 0.2) is 23.2 Å². The lowest BCUT2D eigenvalue weighted by Gasteiger charge is -2.21. The molecule has 1 heterocycles. The van der Waals surface area contributed by atoms with Crippen LogP contribution in [0.25, 0.3) is 0 Å². The highest BCUT2D eigenvalue weighted by Gasteiger charge is 2.09. The van der Waals surface area contributed by atoms with E-state index in [4.69, 9.17) is 9.47 Å².